The lowest BCUT2D eigenvalue weighted by Crippen LogP contribution is -2.45. The quantitative estimate of drug-likeness (QED) is 0.595. The van der Waals surface area contributed by atoms with Crippen LogP contribution in [0.25, 0.3) is 0 Å². The zero-order valence-corrected chi connectivity index (χ0v) is 18.8. The molecule has 0 saturated heterocycles. The van der Waals surface area contributed by atoms with Crippen LogP contribution in [0, 0.1) is 13.8 Å². The number of hydrogen-bond acceptors (Lipinski definition) is 3. The van der Waals surface area contributed by atoms with Crippen LogP contribution in [0.1, 0.15) is 23.6 Å². The van der Waals surface area contributed by atoms with E-state index < -0.39 is 10.0 Å². The van der Waals surface area contributed by atoms with Gasteiger partial charge in [0.05, 0.1) is 10.6 Å². The van der Waals surface area contributed by atoms with E-state index in [-0.39, 0.29) is 23.4 Å². The average Bonchev–Trinajstić information content (AvgIpc) is 3.10. The zero-order chi connectivity index (χ0) is 22.2. The van der Waals surface area contributed by atoms with Crippen molar-refractivity contribution in [3.05, 3.63) is 89.5 Å². The van der Waals surface area contributed by atoms with E-state index in [0.717, 1.165) is 28.8 Å². The molecule has 0 bridgehead atoms. The summed E-state index contributed by atoms with van der Waals surface area (Å²) < 4.78 is 28.5. The van der Waals surface area contributed by atoms with Crippen molar-refractivity contribution in [1.82, 2.24) is 0 Å². The molecule has 0 aromatic heterocycles. The van der Waals surface area contributed by atoms with Crippen molar-refractivity contribution in [3.8, 4) is 0 Å². The maximum absolute atomic E-state index is 13.6. The first-order valence-electron chi connectivity index (χ1n) is 10.3. The third kappa shape index (κ3) is 3.95. The van der Waals surface area contributed by atoms with Gasteiger partial charge in [-0.2, -0.15) is 0 Å². The molecule has 0 aliphatic carbocycles. The summed E-state index contributed by atoms with van der Waals surface area (Å²) in [5.74, 6) is -0.238. The molecule has 1 amide bonds. The fraction of sp³-hybridized carbons (Fsp3) is 0.240. The lowest BCUT2D eigenvalue weighted by molar-refractivity contribution is -0.117. The molecule has 31 heavy (non-hydrogen) atoms. The number of carbonyl (C=O) groups is 1. The first kappa shape index (κ1) is 21.1. The number of fused-ring (bicyclic) bond motifs is 1. The highest BCUT2D eigenvalue weighted by molar-refractivity contribution is 7.92. The fourth-order valence-electron chi connectivity index (χ4n) is 4.15. The van der Waals surface area contributed by atoms with Crippen LogP contribution in [-0.2, 0) is 21.2 Å². The Labute approximate surface area is 184 Å². The second-order valence-electron chi connectivity index (χ2n) is 8.06. The SMILES string of the molecule is Cc1ccc(C)c(N(CC(=O)N2c3ccccc3C[C@@H]2C)S(=O)(=O)c2ccccc2)c1. The highest BCUT2D eigenvalue weighted by atomic mass is 32.2. The van der Waals surface area contributed by atoms with Crippen LogP contribution in [0.3, 0.4) is 0 Å². The Balaban J connectivity index is 1.77. The molecular weight excluding hydrogens is 408 g/mol. The van der Waals surface area contributed by atoms with Gasteiger partial charge in [0.2, 0.25) is 5.91 Å². The number of anilines is 2. The Morgan fingerprint density at radius 1 is 1.00 bits per heavy atom. The highest BCUT2D eigenvalue weighted by Gasteiger charge is 2.35. The molecule has 1 aliphatic heterocycles. The Kier molecular flexibility index (Phi) is 5.58. The molecule has 1 aliphatic rings. The number of nitrogens with zero attached hydrogens (tertiary/aromatic N) is 2. The molecule has 4 rings (SSSR count). The number of rotatable bonds is 5. The van der Waals surface area contributed by atoms with Crippen LogP contribution < -0.4 is 9.21 Å². The lowest BCUT2D eigenvalue weighted by atomic mass is 10.1. The van der Waals surface area contributed by atoms with Gasteiger partial charge >= 0.3 is 0 Å². The first-order chi connectivity index (χ1) is 14.8. The van der Waals surface area contributed by atoms with Crippen LogP contribution in [-0.4, -0.2) is 26.9 Å². The summed E-state index contributed by atoms with van der Waals surface area (Å²) in [6, 6.07) is 21.7. The molecule has 3 aromatic carbocycles. The number of sulfonamides is 1. The molecule has 0 spiro atoms. The summed E-state index contributed by atoms with van der Waals surface area (Å²) in [7, 11) is -3.93. The Morgan fingerprint density at radius 2 is 1.68 bits per heavy atom. The number of amides is 1. The van der Waals surface area contributed by atoms with Crippen molar-refractivity contribution in [2.45, 2.75) is 38.1 Å². The van der Waals surface area contributed by atoms with E-state index in [1.165, 1.54) is 4.31 Å². The zero-order valence-electron chi connectivity index (χ0n) is 17.9. The molecule has 0 fully saturated rings. The molecule has 0 saturated carbocycles. The molecule has 0 unspecified atom stereocenters. The smallest absolute Gasteiger partial charge is 0.264 e. The highest BCUT2D eigenvalue weighted by Crippen LogP contribution is 2.33. The monoisotopic (exact) mass is 434 g/mol. The second-order valence-corrected chi connectivity index (χ2v) is 9.92. The third-order valence-electron chi connectivity index (χ3n) is 5.72. The summed E-state index contributed by atoms with van der Waals surface area (Å²) in [6.45, 7) is 5.50. The van der Waals surface area contributed by atoms with Crippen molar-refractivity contribution < 1.29 is 13.2 Å². The maximum atomic E-state index is 13.6. The second kappa shape index (κ2) is 8.19. The maximum Gasteiger partial charge on any atom is 0.264 e. The number of hydrogen-bond donors (Lipinski definition) is 0. The Hall–Kier alpha value is -3.12. The number of benzene rings is 3. The van der Waals surface area contributed by atoms with E-state index in [1.807, 2.05) is 63.2 Å². The molecule has 1 heterocycles. The van der Waals surface area contributed by atoms with Crippen molar-refractivity contribution in [3.63, 3.8) is 0 Å². The fourth-order valence-corrected chi connectivity index (χ4v) is 5.64. The van der Waals surface area contributed by atoms with Crippen LogP contribution in [0.5, 0.6) is 0 Å². The summed E-state index contributed by atoms with van der Waals surface area (Å²) in [5.41, 5.74) is 4.22. The van der Waals surface area contributed by atoms with Crippen molar-refractivity contribution in [1.29, 1.82) is 0 Å². The van der Waals surface area contributed by atoms with E-state index >= 15 is 0 Å². The minimum Gasteiger partial charge on any atom is -0.307 e. The predicted octanol–water partition coefficient (Wildman–Crippen LogP) is 4.48. The standard InChI is InChI=1S/C25H26N2O3S/c1-18-13-14-19(2)24(15-18)26(31(29,30)22-10-5-4-6-11-22)17-25(28)27-20(3)16-21-9-7-8-12-23(21)27/h4-15,20H,16-17H2,1-3H3/t20-/m0/s1. The first-order valence-corrected chi connectivity index (χ1v) is 11.8. The van der Waals surface area contributed by atoms with Gasteiger partial charge in [-0.15, -0.1) is 0 Å². The van der Waals surface area contributed by atoms with Gasteiger partial charge < -0.3 is 4.90 Å². The van der Waals surface area contributed by atoms with Gasteiger partial charge in [0.15, 0.2) is 0 Å². The van der Waals surface area contributed by atoms with Crippen molar-refractivity contribution in [2.75, 3.05) is 15.7 Å². The van der Waals surface area contributed by atoms with E-state index in [0.29, 0.717) is 5.69 Å². The molecule has 3 aromatic rings. The van der Waals surface area contributed by atoms with Crippen molar-refractivity contribution in [2.24, 2.45) is 0 Å². The molecule has 0 radical (unpaired) electrons. The molecular formula is C25H26N2O3S. The van der Waals surface area contributed by atoms with Gasteiger partial charge in [0, 0.05) is 11.7 Å². The van der Waals surface area contributed by atoms with E-state index in [9.17, 15) is 13.2 Å². The van der Waals surface area contributed by atoms with Gasteiger partial charge in [0.25, 0.3) is 10.0 Å². The topological polar surface area (TPSA) is 57.7 Å². The minimum absolute atomic E-state index is 0.0233. The average molecular weight is 435 g/mol. The number of para-hydroxylation sites is 1. The van der Waals surface area contributed by atoms with Crippen LogP contribution >= 0.6 is 0 Å². The third-order valence-corrected chi connectivity index (χ3v) is 7.49. The number of carbonyl (C=O) groups excluding carboxylic acids is 1. The molecule has 6 heteroatoms. The summed E-state index contributed by atoms with van der Waals surface area (Å²) >= 11 is 0. The van der Waals surface area contributed by atoms with Crippen molar-refractivity contribution >= 4 is 27.3 Å². The van der Waals surface area contributed by atoms with E-state index in [1.54, 1.807) is 35.2 Å². The van der Waals surface area contributed by atoms with E-state index in [2.05, 4.69) is 0 Å². The largest absolute Gasteiger partial charge is 0.307 e. The Morgan fingerprint density at radius 3 is 2.42 bits per heavy atom. The predicted molar refractivity (Wildman–Crippen MR) is 124 cm³/mol. The molecule has 5 nitrogen and oxygen atoms in total. The van der Waals surface area contributed by atoms with Gasteiger partial charge in [-0.1, -0.05) is 48.5 Å². The summed E-state index contributed by atoms with van der Waals surface area (Å²) in [6.07, 6.45) is 0.761. The summed E-state index contributed by atoms with van der Waals surface area (Å²) in [5, 5.41) is 0. The summed E-state index contributed by atoms with van der Waals surface area (Å²) in [4.78, 5) is 15.4. The normalized spacial score (nSPS) is 15.6. The minimum atomic E-state index is -3.93. The molecule has 1 atom stereocenters. The van der Waals surface area contributed by atoms with E-state index in [4.69, 9.17) is 0 Å². The van der Waals surface area contributed by atoms with Gasteiger partial charge in [-0.05, 0) is 68.1 Å². The Bertz CT molecular complexity index is 1220. The molecule has 160 valence electrons. The lowest BCUT2D eigenvalue weighted by Gasteiger charge is -2.30. The van der Waals surface area contributed by atoms with Gasteiger partial charge in [0.1, 0.15) is 6.54 Å². The number of aryl methyl sites for hydroxylation is 2. The van der Waals surface area contributed by atoms with Crippen LogP contribution in [0.15, 0.2) is 77.7 Å². The van der Waals surface area contributed by atoms with Gasteiger partial charge in [-0.25, -0.2) is 8.42 Å². The van der Waals surface area contributed by atoms with Crippen LogP contribution in [0.4, 0.5) is 11.4 Å². The van der Waals surface area contributed by atoms with Crippen LogP contribution in [0.2, 0.25) is 0 Å². The molecule has 0 N–H and O–H groups in total. The van der Waals surface area contributed by atoms with Gasteiger partial charge in [-0.3, -0.25) is 9.10 Å².